The molecule has 1 aliphatic carbocycles. The van der Waals surface area contributed by atoms with Gasteiger partial charge >= 0.3 is 0 Å². The van der Waals surface area contributed by atoms with E-state index in [0.717, 1.165) is 0 Å². The van der Waals surface area contributed by atoms with Crippen molar-refractivity contribution in [1.82, 2.24) is 0 Å². The highest BCUT2D eigenvalue weighted by Crippen LogP contribution is 2.07. The van der Waals surface area contributed by atoms with E-state index in [4.69, 9.17) is 0 Å². The molecule has 10 heavy (non-hydrogen) atoms. The molecule has 4 nitrogen and oxygen atoms in total. The molecular weight excluding hydrogens is 132 g/mol. The molecule has 0 heterocycles. The Kier molecular flexibility index (Phi) is 2.04. The van der Waals surface area contributed by atoms with Gasteiger partial charge in [-0.2, -0.15) is 0 Å². The van der Waals surface area contributed by atoms with Crippen molar-refractivity contribution in [1.29, 1.82) is 0 Å². The highest BCUT2D eigenvalue weighted by Gasteiger charge is 2.07. The molecular formula is C6H6N2O2. The molecule has 1 aliphatic rings. The molecule has 0 fully saturated rings. The van der Waals surface area contributed by atoms with Crippen molar-refractivity contribution in [2.45, 2.75) is 12.1 Å². The van der Waals surface area contributed by atoms with Crippen LogP contribution in [-0.4, -0.2) is 12.1 Å². The van der Waals surface area contributed by atoms with Gasteiger partial charge in [-0.05, 0) is 0 Å². The SMILES string of the molecule is O=NC1C=CC(N=O)C=C1. The Morgan fingerprint density at radius 1 is 0.800 bits per heavy atom. The molecule has 0 atom stereocenters. The lowest BCUT2D eigenvalue weighted by Gasteiger charge is -2.03. The fourth-order valence-corrected chi connectivity index (χ4v) is 0.724. The summed E-state index contributed by atoms with van der Waals surface area (Å²) < 4.78 is 0. The second-order valence-corrected chi connectivity index (χ2v) is 1.96. The molecule has 0 aliphatic heterocycles. The van der Waals surface area contributed by atoms with Gasteiger partial charge < -0.3 is 0 Å². The Bertz CT molecular complexity index is 164. The van der Waals surface area contributed by atoms with Crippen LogP contribution in [0.15, 0.2) is 34.7 Å². The fourth-order valence-electron chi connectivity index (χ4n) is 0.724. The van der Waals surface area contributed by atoms with E-state index in [1.807, 2.05) is 0 Å². The predicted molar refractivity (Wildman–Crippen MR) is 37.4 cm³/mol. The van der Waals surface area contributed by atoms with Gasteiger partial charge in [0.1, 0.15) is 12.1 Å². The fraction of sp³-hybridized carbons (Fsp3) is 0.333. The highest BCUT2D eigenvalue weighted by atomic mass is 16.3. The summed E-state index contributed by atoms with van der Waals surface area (Å²) in [5.74, 6) is 0. The molecule has 0 spiro atoms. The van der Waals surface area contributed by atoms with Crippen LogP contribution in [0.5, 0.6) is 0 Å². The number of hydrogen-bond donors (Lipinski definition) is 0. The molecule has 1 rings (SSSR count). The van der Waals surface area contributed by atoms with Crippen LogP contribution in [0.2, 0.25) is 0 Å². The van der Waals surface area contributed by atoms with Crippen molar-refractivity contribution >= 4 is 0 Å². The lowest BCUT2D eigenvalue weighted by atomic mass is 10.1. The largest absolute Gasteiger partial charge is 0.150 e. The van der Waals surface area contributed by atoms with Gasteiger partial charge in [0.2, 0.25) is 0 Å². The summed E-state index contributed by atoms with van der Waals surface area (Å²) in [6.45, 7) is 0. The molecule has 0 saturated carbocycles. The van der Waals surface area contributed by atoms with Gasteiger partial charge in [-0.15, -0.1) is 9.81 Å². The topological polar surface area (TPSA) is 58.9 Å². The summed E-state index contributed by atoms with van der Waals surface area (Å²) in [5, 5.41) is 5.50. The van der Waals surface area contributed by atoms with E-state index in [1.54, 1.807) is 24.3 Å². The van der Waals surface area contributed by atoms with Crippen LogP contribution >= 0.6 is 0 Å². The molecule has 0 aromatic carbocycles. The average molecular weight is 138 g/mol. The summed E-state index contributed by atoms with van der Waals surface area (Å²) in [5.41, 5.74) is 0. The van der Waals surface area contributed by atoms with Crippen molar-refractivity contribution in [3.8, 4) is 0 Å². The molecule has 0 bridgehead atoms. The van der Waals surface area contributed by atoms with Gasteiger partial charge in [-0.1, -0.05) is 34.7 Å². The molecule has 0 aromatic heterocycles. The van der Waals surface area contributed by atoms with Crippen LogP contribution in [0.25, 0.3) is 0 Å². The molecule has 0 saturated heterocycles. The zero-order valence-electron chi connectivity index (χ0n) is 5.18. The first-order valence-electron chi connectivity index (χ1n) is 2.88. The second-order valence-electron chi connectivity index (χ2n) is 1.96. The second kappa shape index (κ2) is 3.00. The first kappa shape index (κ1) is 6.80. The highest BCUT2D eigenvalue weighted by molar-refractivity contribution is 5.20. The molecule has 0 amide bonds. The van der Waals surface area contributed by atoms with E-state index in [9.17, 15) is 9.81 Å². The van der Waals surface area contributed by atoms with Gasteiger partial charge in [0.25, 0.3) is 0 Å². The van der Waals surface area contributed by atoms with Crippen LogP contribution in [0.1, 0.15) is 0 Å². The van der Waals surface area contributed by atoms with Crippen molar-refractivity contribution in [2.75, 3.05) is 0 Å². The minimum absolute atomic E-state index is 0.419. The van der Waals surface area contributed by atoms with Crippen molar-refractivity contribution in [3.05, 3.63) is 34.1 Å². The molecule has 52 valence electrons. The van der Waals surface area contributed by atoms with E-state index in [2.05, 4.69) is 10.4 Å². The zero-order valence-corrected chi connectivity index (χ0v) is 5.18. The van der Waals surface area contributed by atoms with Gasteiger partial charge in [-0.3, -0.25) is 0 Å². The van der Waals surface area contributed by atoms with Crippen molar-refractivity contribution in [3.63, 3.8) is 0 Å². The third-order valence-electron chi connectivity index (χ3n) is 1.25. The van der Waals surface area contributed by atoms with Crippen molar-refractivity contribution < 1.29 is 0 Å². The zero-order chi connectivity index (χ0) is 7.40. The van der Waals surface area contributed by atoms with Crippen LogP contribution in [0.3, 0.4) is 0 Å². The van der Waals surface area contributed by atoms with E-state index < -0.39 is 12.1 Å². The first-order valence-corrected chi connectivity index (χ1v) is 2.88. The normalized spacial score (nSPS) is 30.0. The monoisotopic (exact) mass is 138 g/mol. The Morgan fingerprint density at radius 2 is 1.10 bits per heavy atom. The summed E-state index contributed by atoms with van der Waals surface area (Å²) in [6.07, 6.45) is 6.22. The van der Waals surface area contributed by atoms with Gasteiger partial charge in [0.15, 0.2) is 0 Å². The Balaban J connectivity index is 2.60. The molecule has 0 aromatic rings. The maximum atomic E-state index is 9.89. The number of rotatable bonds is 2. The minimum atomic E-state index is -0.419. The lowest BCUT2D eigenvalue weighted by molar-refractivity contribution is 0.914. The first-order chi connectivity index (χ1) is 4.86. The van der Waals surface area contributed by atoms with E-state index in [0.29, 0.717) is 0 Å². The quantitative estimate of drug-likeness (QED) is 0.427. The standard InChI is InChI=1S/C6H6N2O2/c9-7-5-1-2-6(8-10)4-3-5/h1-6H. The van der Waals surface area contributed by atoms with Gasteiger partial charge in [0, 0.05) is 0 Å². The summed E-state index contributed by atoms with van der Waals surface area (Å²) in [6, 6.07) is -0.837. The summed E-state index contributed by atoms with van der Waals surface area (Å²) >= 11 is 0. The predicted octanol–water partition coefficient (Wildman–Crippen LogP) is 1.38. The Labute approximate surface area is 57.6 Å². The van der Waals surface area contributed by atoms with Crippen LogP contribution in [-0.2, 0) is 0 Å². The summed E-state index contributed by atoms with van der Waals surface area (Å²) in [7, 11) is 0. The summed E-state index contributed by atoms with van der Waals surface area (Å²) in [4.78, 5) is 19.8. The van der Waals surface area contributed by atoms with E-state index in [-0.39, 0.29) is 0 Å². The maximum Gasteiger partial charge on any atom is 0.128 e. The average Bonchev–Trinajstić information content (AvgIpc) is 2.05. The van der Waals surface area contributed by atoms with Crippen LogP contribution in [0, 0.1) is 9.81 Å². The molecule has 0 unspecified atom stereocenters. The van der Waals surface area contributed by atoms with Crippen molar-refractivity contribution in [2.24, 2.45) is 10.4 Å². The Morgan fingerprint density at radius 3 is 1.30 bits per heavy atom. The van der Waals surface area contributed by atoms with E-state index >= 15 is 0 Å². The minimum Gasteiger partial charge on any atom is -0.150 e. The lowest BCUT2D eigenvalue weighted by Crippen LogP contribution is -2.05. The number of nitrogens with zero attached hydrogens (tertiary/aromatic N) is 2. The molecule has 0 N–H and O–H groups in total. The van der Waals surface area contributed by atoms with Crippen LogP contribution in [0.4, 0.5) is 0 Å². The smallest absolute Gasteiger partial charge is 0.128 e. The number of nitroso groups, excluding NO2 is 2. The van der Waals surface area contributed by atoms with Gasteiger partial charge in [-0.25, -0.2) is 0 Å². The van der Waals surface area contributed by atoms with Gasteiger partial charge in [0.05, 0.1) is 0 Å². The van der Waals surface area contributed by atoms with E-state index in [1.165, 1.54) is 0 Å². The molecule has 4 heteroatoms. The van der Waals surface area contributed by atoms with Crippen LogP contribution < -0.4 is 0 Å². The number of hydrogen-bond acceptors (Lipinski definition) is 4. The maximum absolute atomic E-state index is 9.89. The molecule has 0 radical (unpaired) electrons. The Hall–Kier alpha value is -1.32. The third-order valence-corrected chi connectivity index (χ3v) is 1.25. The third kappa shape index (κ3) is 1.34.